The Bertz CT molecular complexity index is 1300. The van der Waals surface area contributed by atoms with E-state index in [2.05, 4.69) is 30.7 Å². The minimum atomic E-state index is -4.52. The average molecular weight is 615 g/mol. The zero-order chi connectivity index (χ0) is 26.3. The maximum atomic E-state index is 14.1. The Hall–Kier alpha value is -1.95. The van der Waals surface area contributed by atoms with Crippen LogP contribution in [0.25, 0.3) is 0 Å². The van der Waals surface area contributed by atoms with Crippen molar-refractivity contribution in [2.45, 2.75) is 47.5 Å². The van der Waals surface area contributed by atoms with Crippen LogP contribution in [0.4, 0.5) is 18.3 Å². The Balaban J connectivity index is 1.38. The van der Waals surface area contributed by atoms with E-state index in [0.29, 0.717) is 31.2 Å². The molecule has 1 saturated carbocycles. The zero-order valence-corrected chi connectivity index (χ0v) is 23.2. The highest BCUT2D eigenvalue weighted by molar-refractivity contribution is 9.10. The molecule has 11 heteroatoms. The number of nitrogens with zero attached hydrogens (tertiary/aromatic N) is 3. The highest BCUT2D eigenvalue weighted by atomic mass is 79.9. The summed E-state index contributed by atoms with van der Waals surface area (Å²) in [6.45, 7) is 3.54. The lowest BCUT2D eigenvalue weighted by Gasteiger charge is -2.45. The first-order valence-electron chi connectivity index (χ1n) is 12.2. The predicted octanol–water partition coefficient (Wildman–Crippen LogP) is 6.36. The molecule has 2 aliphatic rings. The number of thiazole rings is 1. The Morgan fingerprint density at radius 2 is 1.57 bits per heavy atom. The molecule has 5 nitrogen and oxygen atoms in total. The van der Waals surface area contributed by atoms with Gasteiger partial charge in [0.25, 0.3) is 0 Å². The molecule has 0 unspecified atom stereocenters. The number of rotatable bonds is 5. The number of alkyl halides is 3. The van der Waals surface area contributed by atoms with Gasteiger partial charge >= 0.3 is 6.18 Å². The fourth-order valence-corrected chi connectivity index (χ4v) is 8.73. The average Bonchev–Trinajstić information content (AvgIpc) is 3.44. The van der Waals surface area contributed by atoms with Crippen LogP contribution in [0.1, 0.15) is 36.8 Å². The molecule has 0 atom stereocenters. The van der Waals surface area contributed by atoms with Crippen molar-refractivity contribution >= 4 is 42.2 Å². The van der Waals surface area contributed by atoms with Crippen molar-refractivity contribution < 1.29 is 21.6 Å². The molecule has 37 heavy (non-hydrogen) atoms. The Kier molecular flexibility index (Phi) is 7.43. The van der Waals surface area contributed by atoms with Gasteiger partial charge in [-0.2, -0.15) is 13.2 Å². The summed E-state index contributed by atoms with van der Waals surface area (Å²) in [7, 11) is -3.96. The molecule has 2 fully saturated rings. The molecule has 0 spiro atoms. The van der Waals surface area contributed by atoms with Gasteiger partial charge in [0.15, 0.2) is 15.0 Å². The maximum absolute atomic E-state index is 14.1. The van der Waals surface area contributed by atoms with Gasteiger partial charge in [0.05, 0.1) is 10.5 Å². The number of sulfone groups is 1. The van der Waals surface area contributed by atoms with E-state index >= 15 is 0 Å². The van der Waals surface area contributed by atoms with Crippen LogP contribution in [0.2, 0.25) is 0 Å². The van der Waals surface area contributed by atoms with Gasteiger partial charge in [-0.15, -0.1) is 11.3 Å². The standard InChI is InChI=1S/C26H27BrF3N3O2S2/c27-21-5-1-19(2-6-21)25(37(34,35)23-7-3-20(4-8-23)26(28,29)30)11-9-22(10-12-25)32-14-16-33(17-15-32)24-31-13-18-36-24/h1-8,13,18,22H,9-12,14-17H2. The molecular formula is C26H27BrF3N3O2S2. The van der Waals surface area contributed by atoms with Gasteiger partial charge in [-0.05, 0) is 67.6 Å². The minimum absolute atomic E-state index is 0.0704. The third-order valence-corrected chi connectivity index (χ3v) is 11.6. The molecule has 3 aromatic rings. The van der Waals surface area contributed by atoms with Gasteiger partial charge < -0.3 is 4.90 Å². The first-order chi connectivity index (χ1) is 17.6. The molecule has 0 N–H and O–H groups in total. The molecule has 1 aliphatic carbocycles. The molecule has 0 radical (unpaired) electrons. The third kappa shape index (κ3) is 5.20. The predicted molar refractivity (Wildman–Crippen MR) is 143 cm³/mol. The lowest BCUT2D eigenvalue weighted by molar-refractivity contribution is -0.137. The van der Waals surface area contributed by atoms with Gasteiger partial charge in [0.2, 0.25) is 0 Å². The fraction of sp³-hybridized carbons (Fsp3) is 0.423. The van der Waals surface area contributed by atoms with Crippen LogP contribution in [-0.4, -0.2) is 50.5 Å². The van der Waals surface area contributed by atoms with Crippen molar-refractivity contribution in [2.75, 3.05) is 31.1 Å². The summed E-state index contributed by atoms with van der Waals surface area (Å²) in [4.78, 5) is 9.06. The number of benzene rings is 2. The number of hydrogen-bond donors (Lipinski definition) is 0. The van der Waals surface area contributed by atoms with Gasteiger partial charge in [0.1, 0.15) is 4.75 Å². The first kappa shape index (κ1) is 26.6. The SMILES string of the molecule is O=S(=O)(c1ccc(C(F)(F)F)cc1)C1(c2ccc(Br)cc2)CCC(N2CCN(c3nccs3)CC2)CC1. The van der Waals surface area contributed by atoms with Crippen LogP contribution in [0.15, 0.2) is 69.5 Å². The Morgan fingerprint density at radius 1 is 0.946 bits per heavy atom. The van der Waals surface area contributed by atoms with E-state index in [0.717, 1.165) is 60.0 Å². The molecular weight excluding hydrogens is 587 g/mol. The molecule has 0 amide bonds. The summed E-state index contributed by atoms with van der Waals surface area (Å²) >= 11 is 5.05. The van der Waals surface area contributed by atoms with E-state index in [1.807, 2.05) is 35.8 Å². The quantitative estimate of drug-likeness (QED) is 0.335. The number of halogens is 4. The number of aromatic nitrogens is 1. The Morgan fingerprint density at radius 3 is 2.11 bits per heavy atom. The van der Waals surface area contributed by atoms with E-state index in [-0.39, 0.29) is 10.9 Å². The van der Waals surface area contributed by atoms with Crippen LogP contribution >= 0.6 is 27.3 Å². The summed E-state index contributed by atoms with van der Waals surface area (Å²) in [6, 6.07) is 11.5. The van der Waals surface area contributed by atoms with Crippen LogP contribution in [0, 0.1) is 0 Å². The second-order valence-electron chi connectivity index (χ2n) is 9.60. The molecule has 1 aliphatic heterocycles. The monoisotopic (exact) mass is 613 g/mol. The number of piperazine rings is 1. The Labute approximate surface area is 227 Å². The molecule has 198 valence electrons. The smallest absolute Gasteiger partial charge is 0.346 e. The molecule has 0 bridgehead atoms. The summed E-state index contributed by atoms with van der Waals surface area (Å²) in [6.07, 6.45) is -0.481. The molecule has 1 saturated heterocycles. The van der Waals surface area contributed by atoms with Crippen LogP contribution in [0.3, 0.4) is 0 Å². The highest BCUT2D eigenvalue weighted by Crippen LogP contribution is 2.48. The van der Waals surface area contributed by atoms with Crippen LogP contribution in [0.5, 0.6) is 0 Å². The van der Waals surface area contributed by atoms with Gasteiger partial charge in [-0.1, -0.05) is 28.1 Å². The number of anilines is 1. The summed E-state index contributed by atoms with van der Waals surface area (Å²) in [5.74, 6) is 0. The summed E-state index contributed by atoms with van der Waals surface area (Å²) in [5, 5.41) is 3.00. The minimum Gasteiger partial charge on any atom is -0.346 e. The first-order valence-corrected chi connectivity index (χ1v) is 15.3. The second kappa shape index (κ2) is 10.3. The largest absolute Gasteiger partial charge is 0.416 e. The van der Waals surface area contributed by atoms with Crippen LogP contribution in [-0.2, 0) is 20.8 Å². The summed E-state index contributed by atoms with van der Waals surface area (Å²) < 4.78 is 67.2. The topological polar surface area (TPSA) is 53.5 Å². The van der Waals surface area contributed by atoms with Crippen molar-refractivity contribution in [2.24, 2.45) is 0 Å². The van der Waals surface area contributed by atoms with Crippen molar-refractivity contribution in [3.63, 3.8) is 0 Å². The normalized spacial score (nSPS) is 23.8. The molecule has 5 rings (SSSR count). The van der Waals surface area contributed by atoms with Crippen molar-refractivity contribution in [3.05, 3.63) is 75.7 Å². The second-order valence-corrected chi connectivity index (χ2v) is 13.6. The van der Waals surface area contributed by atoms with E-state index in [1.54, 1.807) is 11.3 Å². The highest BCUT2D eigenvalue weighted by Gasteiger charge is 2.49. The molecule has 1 aromatic heterocycles. The van der Waals surface area contributed by atoms with Crippen LogP contribution < -0.4 is 4.90 Å². The van der Waals surface area contributed by atoms with E-state index in [1.165, 1.54) is 0 Å². The summed E-state index contributed by atoms with van der Waals surface area (Å²) in [5.41, 5.74) is -0.174. The third-order valence-electron chi connectivity index (χ3n) is 7.66. The fourth-order valence-electron chi connectivity index (χ4n) is 5.60. The van der Waals surface area contributed by atoms with E-state index in [4.69, 9.17) is 0 Å². The van der Waals surface area contributed by atoms with Crippen molar-refractivity contribution in [1.82, 2.24) is 9.88 Å². The van der Waals surface area contributed by atoms with E-state index in [9.17, 15) is 21.6 Å². The lowest BCUT2D eigenvalue weighted by Crippen LogP contribution is -2.53. The molecule has 2 heterocycles. The number of hydrogen-bond acceptors (Lipinski definition) is 6. The van der Waals surface area contributed by atoms with Gasteiger partial charge in [-0.25, -0.2) is 13.4 Å². The van der Waals surface area contributed by atoms with Gasteiger partial charge in [-0.3, -0.25) is 4.90 Å². The van der Waals surface area contributed by atoms with Crippen molar-refractivity contribution in [3.8, 4) is 0 Å². The zero-order valence-electron chi connectivity index (χ0n) is 20.0. The lowest BCUT2D eigenvalue weighted by atomic mass is 9.80. The maximum Gasteiger partial charge on any atom is 0.416 e. The molecule has 2 aromatic carbocycles. The van der Waals surface area contributed by atoms with Crippen molar-refractivity contribution in [1.29, 1.82) is 0 Å². The van der Waals surface area contributed by atoms with E-state index < -0.39 is 26.3 Å². The van der Waals surface area contributed by atoms with Gasteiger partial charge in [0, 0.05) is 48.3 Å².